The zero-order chi connectivity index (χ0) is 24.4. The van der Waals surface area contributed by atoms with Gasteiger partial charge in [0, 0.05) is 30.9 Å². The van der Waals surface area contributed by atoms with Gasteiger partial charge in [-0.05, 0) is 66.3 Å². The highest BCUT2D eigenvalue weighted by Gasteiger charge is 2.13. The highest BCUT2D eigenvalue weighted by Crippen LogP contribution is 2.24. The Morgan fingerprint density at radius 3 is 2.41 bits per heavy atom. The molecule has 2 N–H and O–H groups in total. The average Bonchev–Trinajstić information content (AvgIpc) is 2.85. The lowest BCUT2D eigenvalue weighted by molar-refractivity contribution is -0.137. The molecule has 0 amide bonds. The Morgan fingerprint density at radius 2 is 1.79 bits per heavy atom. The van der Waals surface area contributed by atoms with Gasteiger partial charge < -0.3 is 9.84 Å². The summed E-state index contributed by atoms with van der Waals surface area (Å²) in [5, 5.41) is 8.87. The Balaban J connectivity index is 1.64. The molecule has 8 heteroatoms. The van der Waals surface area contributed by atoms with Crippen molar-refractivity contribution in [2.24, 2.45) is 0 Å². The highest BCUT2D eigenvalue weighted by atomic mass is 32.2. The number of rotatable bonds is 12. The number of pyridine rings is 1. The number of hydrogen-bond donors (Lipinski definition) is 2. The molecule has 0 spiro atoms. The van der Waals surface area contributed by atoms with Crippen LogP contribution >= 0.6 is 0 Å². The molecule has 7 nitrogen and oxygen atoms in total. The van der Waals surface area contributed by atoms with Crippen LogP contribution in [0.3, 0.4) is 0 Å². The van der Waals surface area contributed by atoms with E-state index >= 15 is 0 Å². The lowest BCUT2D eigenvalue weighted by Crippen LogP contribution is -2.25. The third kappa shape index (κ3) is 7.26. The molecule has 34 heavy (non-hydrogen) atoms. The van der Waals surface area contributed by atoms with Gasteiger partial charge in [0.05, 0.1) is 12.0 Å². The number of nitrogens with one attached hydrogen (secondary N) is 1. The van der Waals surface area contributed by atoms with Crippen molar-refractivity contribution in [1.29, 1.82) is 0 Å². The standard InChI is InChI=1S/C26H28N2O5S/c1-33-23-12-14-24(15-13-23)34(31,32)28-18-16-20-8-10-21(11-9-20)25(6-2-3-7-26(29)30)22-5-4-17-27-19-22/h4-6,8-15,17,19,28H,2-3,7,16,18H2,1H3,(H,29,30)/b25-6+. The first-order valence-corrected chi connectivity index (χ1v) is 12.4. The van der Waals surface area contributed by atoms with Crippen LogP contribution < -0.4 is 9.46 Å². The summed E-state index contributed by atoms with van der Waals surface area (Å²) in [4.78, 5) is 15.2. The quantitative estimate of drug-likeness (QED) is 0.375. The summed E-state index contributed by atoms with van der Waals surface area (Å²) in [5.41, 5.74) is 3.94. The van der Waals surface area contributed by atoms with Gasteiger partial charge in [-0.3, -0.25) is 9.78 Å². The van der Waals surface area contributed by atoms with Crippen molar-refractivity contribution in [3.63, 3.8) is 0 Å². The maximum absolute atomic E-state index is 12.5. The van der Waals surface area contributed by atoms with Crippen LogP contribution in [0.5, 0.6) is 5.75 Å². The summed E-state index contributed by atoms with van der Waals surface area (Å²) in [7, 11) is -2.07. The van der Waals surface area contributed by atoms with Gasteiger partial charge in [-0.1, -0.05) is 36.4 Å². The van der Waals surface area contributed by atoms with Crippen LogP contribution in [0.1, 0.15) is 36.0 Å². The molecule has 1 aromatic heterocycles. The van der Waals surface area contributed by atoms with E-state index in [-0.39, 0.29) is 17.9 Å². The first kappa shape index (κ1) is 25.1. The fourth-order valence-electron chi connectivity index (χ4n) is 3.44. The molecule has 3 rings (SSSR count). The predicted molar refractivity (Wildman–Crippen MR) is 131 cm³/mol. The first-order valence-electron chi connectivity index (χ1n) is 10.9. The molecule has 0 radical (unpaired) electrons. The van der Waals surface area contributed by atoms with Crippen molar-refractivity contribution in [2.45, 2.75) is 30.6 Å². The van der Waals surface area contributed by atoms with Crippen LogP contribution in [0.4, 0.5) is 0 Å². The minimum Gasteiger partial charge on any atom is -0.497 e. The zero-order valence-electron chi connectivity index (χ0n) is 19.0. The van der Waals surface area contributed by atoms with E-state index in [1.807, 2.05) is 42.5 Å². The Kier molecular flexibility index (Phi) is 8.95. The molecule has 0 saturated heterocycles. The summed E-state index contributed by atoms with van der Waals surface area (Å²) in [6, 6.07) is 18.0. The van der Waals surface area contributed by atoms with Crippen LogP contribution in [-0.4, -0.2) is 38.1 Å². The molecular weight excluding hydrogens is 452 g/mol. The maximum atomic E-state index is 12.5. The van der Waals surface area contributed by atoms with Crippen molar-refractivity contribution in [3.8, 4) is 5.75 Å². The molecule has 1 heterocycles. The van der Waals surface area contributed by atoms with Crippen LogP contribution in [0.15, 0.2) is 84.0 Å². The smallest absolute Gasteiger partial charge is 0.303 e. The Morgan fingerprint density at radius 1 is 1.06 bits per heavy atom. The Labute approximate surface area is 200 Å². The minimum atomic E-state index is -3.60. The fourth-order valence-corrected chi connectivity index (χ4v) is 4.47. The number of aromatic nitrogens is 1. The second-order valence-corrected chi connectivity index (χ2v) is 9.43. The molecule has 0 saturated carbocycles. The number of sulfonamides is 1. The van der Waals surface area contributed by atoms with E-state index in [9.17, 15) is 13.2 Å². The Hall–Kier alpha value is -3.49. The van der Waals surface area contributed by atoms with Gasteiger partial charge in [0.2, 0.25) is 10.0 Å². The van der Waals surface area contributed by atoms with Crippen LogP contribution in [0.2, 0.25) is 0 Å². The van der Waals surface area contributed by atoms with Gasteiger partial charge in [-0.2, -0.15) is 0 Å². The van der Waals surface area contributed by atoms with E-state index in [1.165, 1.54) is 19.2 Å². The second-order valence-electron chi connectivity index (χ2n) is 7.67. The molecule has 0 aliphatic heterocycles. The summed E-state index contributed by atoms with van der Waals surface area (Å²) < 4.78 is 32.7. The minimum absolute atomic E-state index is 0.127. The van der Waals surface area contributed by atoms with Gasteiger partial charge in [-0.15, -0.1) is 0 Å². The lowest BCUT2D eigenvalue weighted by atomic mass is 9.96. The van der Waals surface area contributed by atoms with Crippen molar-refractivity contribution in [2.75, 3.05) is 13.7 Å². The van der Waals surface area contributed by atoms with Crippen molar-refractivity contribution in [1.82, 2.24) is 9.71 Å². The number of unbranched alkanes of at least 4 members (excludes halogenated alkanes) is 1. The normalized spacial score (nSPS) is 11.9. The topological polar surface area (TPSA) is 106 Å². The number of carboxylic acids is 1. The lowest BCUT2D eigenvalue weighted by Gasteiger charge is -2.11. The van der Waals surface area contributed by atoms with E-state index in [1.54, 1.807) is 24.5 Å². The van der Waals surface area contributed by atoms with E-state index < -0.39 is 16.0 Å². The van der Waals surface area contributed by atoms with E-state index in [0.29, 0.717) is 25.0 Å². The van der Waals surface area contributed by atoms with Gasteiger partial charge in [0.1, 0.15) is 5.75 Å². The van der Waals surface area contributed by atoms with Crippen molar-refractivity contribution in [3.05, 3.63) is 95.8 Å². The third-order valence-electron chi connectivity index (χ3n) is 5.26. The van der Waals surface area contributed by atoms with Gasteiger partial charge in [-0.25, -0.2) is 13.1 Å². The van der Waals surface area contributed by atoms with Gasteiger partial charge >= 0.3 is 5.97 Å². The van der Waals surface area contributed by atoms with E-state index in [4.69, 9.17) is 9.84 Å². The molecule has 2 aromatic carbocycles. The SMILES string of the molecule is COc1ccc(S(=O)(=O)NCCc2ccc(/C(=C\CCCC(=O)O)c3cccnc3)cc2)cc1. The number of aliphatic carboxylic acids is 1. The maximum Gasteiger partial charge on any atom is 0.303 e. The molecule has 178 valence electrons. The van der Waals surface area contributed by atoms with Crippen molar-refractivity contribution >= 4 is 21.6 Å². The number of ether oxygens (including phenoxy) is 1. The van der Waals surface area contributed by atoms with Crippen LogP contribution in [0.25, 0.3) is 5.57 Å². The predicted octanol–water partition coefficient (Wildman–Crippen LogP) is 4.30. The highest BCUT2D eigenvalue weighted by molar-refractivity contribution is 7.89. The summed E-state index contributed by atoms with van der Waals surface area (Å²) >= 11 is 0. The van der Waals surface area contributed by atoms with E-state index in [2.05, 4.69) is 9.71 Å². The summed E-state index contributed by atoms with van der Waals surface area (Å²) in [5.74, 6) is -0.205. The Bertz CT molecular complexity index is 1210. The van der Waals surface area contributed by atoms with Crippen molar-refractivity contribution < 1.29 is 23.1 Å². The number of carboxylic acid groups (broad SMARTS) is 1. The second kappa shape index (κ2) is 12.1. The number of nitrogens with zero attached hydrogens (tertiary/aromatic N) is 1. The number of allylic oxidation sites excluding steroid dienone is 1. The summed E-state index contributed by atoms with van der Waals surface area (Å²) in [6.45, 7) is 0.272. The molecule has 0 fully saturated rings. The van der Waals surface area contributed by atoms with Crippen LogP contribution in [-0.2, 0) is 21.2 Å². The molecule has 3 aromatic rings. The molecule has 0 bridgehead atoms. The summed E-state index contributed by atoms with van der Waals surface area (Å²) in [6.07, 6.45) is 7.41. The average molecular weight is 481 g/mol. The number of carbonyl (C=O) groups is 1. The molecular formula is C26H28N2O5S. The van der Waals surface area contributed by atoms with E-state index in [0.717, 1.165) is 22.3 Å². The largest absolute Gasteiger partial charge is 0.497 e. The molecule has 0 unspecified atom stereocenters. The number of hydrogen-bond acceptors (Lipinski definition) is 5. The monoisotopic (exact) mass is 480 g/mol. The first-order chi connectivity index (χ1) is 16.4. The third-order valence-corrected chi connectivity index (χ3v) is 6.73. The molecule has 0 atom stereocenters. The van der Waals surface area contributed by atoms with Crippen LogP contribution in [0, 0.1) is 0 Å². The molecule has 0 aliphatic rings. The number of benzene rings is 2. The molecule has 0 aliphatic carbocycles. The fraction of sp³-hybridized carbons (Fsp3) is 0.231. The van der Waals surface area contributed by atoms with Gasteiger partial charge in [0.25, 0.3) is 0 Å². The van der Waals surface area contributed by atoms with Gasteiger partial charge in [0.15, 0.2) is 0 Å². The number of methoxy groups -OCH3 is 1. The zero-order valence-corrected chi connectivity index (χ0v) is 19.8.